The van der Waals surface area contributed by atoms with Crippen LogP contribution in [0.15, 0.2) is 24.5 Å². The molecular weight excluding hydrogens is 238 g/mol. The first-order chi connectivity index (χ1) is 9.11. The zero-order valence-electron chi connectivity index (χ0n) is 11.9. The molecule has 0 atom stereocenters. The fourth-order valence-corrected chi connectivity index (χ4v) is 2.12. The zero-order valence-corrected chi connectivity index (χ0v) is 11.9. The van der Waals surface area contributed by atoms with Gasteiger partial charge in [-0.3, -0.25) is 4.79 Å². The van der Waals surface area contributed by atoms with Gasteiger partial charge in [-0.15, -0.1) is 0 Å². The van der Waals surface area contributed by atoms with Crippen molar-refractivity contribution in [3.63, 3.8) is 0 Å². The van der Waals surface area contributed by atoms with Gasteiger partial charge >= 0.3 is 0 Å². The van der Waals surface area contributed by atoms with Crippen molar-refractivity contribution in [2.24, 2.45) is 7.05 Å². The number of nitrogens with zero attached hydrogens (tertiary/aromatic N) is 3. The summed E-state index contributed by atoms with van der Waals surface area (Å²) in [5.41, 5.74) is 3.07. The summed E-state index contributed by atoms with van der Waals surface area (Å²) in [6, 6.07) is 6.04. The van der Waals surface area contributed by atoms with Gasteiger partial charge in [-0.2, -0.15) is 0 Å². The molecule has 1 heterocycles. The summed E-state index contributed by atoms with van der Waals surface area (Å²) in [5.74, 6) is 0.170. The molecule has 0 spiro atoms. The quantitative estimate of drug-likeness (QED) is 0.827. The summed E-state index contributed by atoms with van der Waals surface area (Å²) in [7, 11) is 3.84. The van der Waals surface area contributed by atoms with Gasteiger partial charge in [0.2, 0.25) is 5.91 Å². The predicted octanol–water partition coefficient (Wildman–Crippen LogP) is 2.37. The molecule has 4 nitrogen and oxygen atoms in total. The van der Waals surface area contributed by atoms with E-state index in [1.165, 1.54) is 0 Å². The zero-order chi connectivity index (χ0) is 13.8. The number of unbranched alkanes of at least 4 members (excludes halogenated alkanes) is 1. The molecule has 0 aliphatic rings. The minimum absolute atomic E-state index is 0.170. The van der Waals surface area contributed by atoms with Crippen molar-refractivity contribution in [3.8, 4) is 0 Å². The monoisotopic (exact) mass is 259 g/mol. The molecule has 0 radical (unpaired) electrons. The van der Waals surface area contributed by atoms with E-state index in [4.69, 9.17) is 0 Å². The smallest absolute Gasteiger partial charge is 0.226 e. The van der Waals surface area contributed by atoms with Gasteiger partial charge in [0, 0.05) is 20.6 Å². The Morgan fingerprint density at radius 1 is 1.42 bits per heavy atom. The van der Waals surface area contributed by atoms with Crippen LogP contribution in [-0.4, -0.2) is 34.0 Å². The average Bonchev–Trinajstić information content (AvgIpc) is 2.77. The molecule has 19 heavy (non-hydrogen) atoms. The highest BCUT2D eigenvalue weighted by Crippen LogP contribution is 2.14. The number of aryl methyl sites for hydroxylation is 1. The Bertz CT molecular complexity index is 574. The first-order valence-corrected chi connectivity index (χ1v) is 6.75. The van der Waals surface area contributed by atoms with Crippen LogP contribution in [0.25, 0.3) is 11.0 Å². The summed E-state index contributed by atoms with van der Waals surface area (Å²) in [5, 5.41) is 0. The van der Waals surface area contributed by atoms with Crippen LogP contribution >= 0.6 is 0 Å². The summed E-state index contributed by atoms with van der Waals surface area (Å²) < 4.78 is 1.98. The second-order valence-electron chi connectivity index (χ2n) is 5.02. The Hall–Kier alpha value is -1.84. The van der Waals surface area contributed by atoms with Crippen LogP contribution in [0.5, 0.6) is 0 Å². The summed E-state index contributed by atoms with van der Waals surface area (Å²) in [4.78, 5) is 18.2. The molecule has 1 aromatic heterocycles. The van der Waals surface area contributed by atoms with Gasteiger partial charge in [0.25, 0.3) is 0 Å². The lowest BCUT2D eigenvalue weighted by Gasteiger charge is -2.16. The van der Waals surface area contributed by atoms with Crippen molar-refractivity contribution in [3.05, 3.63) is 30.1 Å². The molecular formula is C15H21N3O. The van der Waals surface area contributed by atoms with E-state index in [2.05, 4.69) is 11.9 Å². The maximum Gasteiger partial charge on any atom is 0.226 e. The molecule has 1 aromatic carbocycles. The number of rotatable bonds is 5. The Morgan fingerprint density at radius 2 is 2.21 bits per heavy atom. The van der Waals surface area contributed by atoms with Crippen LogP contribution in [0.3, 0.4) is 0 Å². The van der Waals surface area contributed by atoms with Crippen molar-refractivity contribution in [1.82, 2.24) is 14.5 Å². The molecule has 0 N–H and O–H groups in total. The van der Waals surface area contributed by atoms with E-state index in [0.29, 0.717) is 6.42 Å². The Morgan fingerprint density at radius 3 is 2.95 bits per heavy atom. The van der Waals surface area contributed by atoms with Crippen molar-refractivity contribution in [2.75, 3.05) is 13.6 Å². The van der Waals surface area contributed by atoms with Gasteiger partial charge in [-0.25, -0.2) is 4.98 Å². The predicted molar refractivity (Wildman–Crippen MR) is 77.0 cm³/mol. The highest BCUT2D eigenvalue weighted by molar-refractivity contribution is 5.81. The third-order valence-electron chi connectivity index (χ3n) is 3.42. The molecule has 0 saturated heterocycles. The van der Waals surface area contributed by atoms with Gasteiger partial charge in [-0.1, -0.05) is 19.4 Å². The summed E-state index contributed by atoms with van der Waals surface area (Å²) >= 11 is 0. The molecule has 0 aliphatic carbocycles. The lowest BCUT2D eigenvalue weighted by molar-refractivity contribution is -0.129. The molecule has 0 unspecified atom stereocenters. The normalized spacial score (nSPS) is 10.9. The number of carbonyl (C=O) groups excluding carboxylic acids is 1. The Kier molecular flexibility index (Phi) is 4.20. The van der Waals surface area contributed by atoms with Crippen molar-refractivity contribution in [1.29, 1.82) is 0 Å². The van der Waals surface area contributed by atoms with Crippen LogP contribution in [0.1, 0.15) is 25.3 Å². The van der Waals surface area contributed by atoms with Crippen LogP contribution in [0, 0.1) is 0 Å². The van der Waals surface area contributed by atoms with E-state index < -0.39 is 0 Å². The van der Waals surface area contributed by atoms with Gasteiger partial charge in [0.05, 0.1) is 23.8 Å². The van der Waals surface area contributed by atoms with Crippen molar-refractivity contribution < 1.29 is 4.79 Å². The first kappa shape index (κ1) is 13.6. The molecule has 2 rings (SSSR count). The van der Waals surface area contributed by atoms with E-state index in [1.807, 2.05) is 41.8 Å². The van der Waals surface area contributed by atoms with Crippen molar-refractivity contribution >= 4 is 16.9 Å². The number of hydrogen-bond donors (Lipinski definition) is 0. The van der Waals surface area contributed by atoms with Crippen LogP contribution < -0.4 is 0 Å². The maximum atomic E-state index is 12.1. The van der Waals surface area contributed by atoms with E-state index in [9.17, 15) is 4.79 Å². The van der Waals surface area contributed by atoms with Crippen molar-refractivity contribution in [2.45, 2.75) is 26.2 Å². The standard InChI is InChI=1S/C15H21N3O/c1-4-5-8-17(2)15(19)10-12-6-7-14-13(9-12)16-11-18(14)3/h6-7,9,11H,4-5,8,10H2,1-3H3. The van der Waals surface area contributed by atoms with Gasteiger partial charge in [0.1, 0.15) is 0 Å². The second kappa shape index (κ2) is 5.87. The number of aromatic nitrogens is 2. The largest absolute Gasteiger partial charge is 0.345 e. The van der Waals surface area contributed by atoms with Crippen LogP contribution in [0.2, 0.25) is 0 Å². The number of likely N-dealkylation sites (N-methyl/N-ethyl adjacent to an activating group) is 1. The lowest BCUT2D eigenvalue weighted by atomic mass is 10.1. The van der Waals surface area contributed by atoms with Gasteiger partial charge in [0.15, 0.2) is 0 Å². The van der Waals surface area contributed by atoms with E-state index in [0.717, 1.165) is 36.0 Å². The number of hydrogen-bond acceptors (Lipinski definition) is 2. The number of carbonyl (C=O) groups is 1. The highest BCUT2D eigenvalue weighted by Gasteiger charge is 2.10. The molecule has 1 amide bonds. The number of benzene rings is 1. The minimum atomic E-state index is 0.170. The molecule has 0 fully saturated rings. The van der Waals surface area contributed by atoms with E-state index in [-0.39, 0.29) is 5.91 Å². The SMILES string of the molecule is CCCCN(C)C(=O)Cc1ccc2c(c1)ncn2C. The minimum Gasteiger partial charge on any atom is -0.345 e. The number of imidazole rings is 1. The maximum absolute atomic E-state index is 12.1. The van der Waals surface area contributed by atoms with Crippen LogP contribution in [0.4, 0.5) is 0 Å². The molecule has 0 bridgehead atoms. The molecule has 0 saturated carbocycles. The Balaban J connectivity index is 2.06. The number of fused-ring (bicyclic) bond motifs is 1. The molecule has 4 heteroatoms. The summed E-state index contributed by atoms with van der Waals surface area (Å²) in [6.07, 6.45) is 4.41. The Labute approximate surface area is 114 Å². The molecule has 102 valence electrons. The average molecular weight is 259 g/mol. The number of amides is 1. The second-order valence-corrected chi connectivity index (χ2v) is 5.02. The lowest BCUT2D eigenvalue weighted by Crippen LogP contribution is -2.29. The topological polar surface area (TPSA) is 38.1 Å². The highest BCUT2D eigenvalue weighted by atomic mass is 16.2. The van der Waals surface area contributed by atoms with Gasteiger partial charge < -0.3 is 9.47 Å². The summed E-state index contributed by atoms with van der Waals surface area (Å²) in [6.45, 7) is 2.97. The fourth-order valence-electron chi connectivity index (χ4n) is 2.12. The van der Waals surface area contributed by atoms with E-state index >= 15 is 0 Å². The molecule has 2 aromatic rings. The third kappa shape index (κ3) is 3.13. The first-order valence-electron chi connectivity index (χ1n) is 6.75. The third-order valence-corrected chi connectivity index (χ3v) is 3.42. The van der Waals surface area contributed by atoms with Gasteiger partial charge in [-0.05, 0) is 24.1 Å². The molecule has 0 aliphatic heterocycles. The fraction of sp³-hybridized carbons (Fsp3) is 0.467. The van der Waals surface area contributed by atoms with Crippen LogP contribution in [-0.2, 0) is 18.3 Å². The van der Waals surface area contributed by atoms with E-state index in [1.54, 1.807) is 6.33 Å².